The molecule has 0 N–H and O–H groups in total. The Bertz CT molecular complexity index is 802. The second kappa shape index (κ2) is 9.55. The summed E-state index contributed by atoms with van der Waals surface area (Å²) in [6.07, 6.45) is 3.76. The van der Waals surface area contributed by atoms with Crippen LogP contribution in [0.3, 0.4) is 0 Å². The molecule has 0 heterocycles. The van der Waals surface area contributed by atoms with Crippen LogP contribution in [-0.2, 0) is 9.53 Å². The van der Waals surface area contributed by atoms with Gasteiger partial charge in [-0.15, -0.1) is 0 Å². The van der Waals surface area contributed by atoms with Crippen LogP contribution in [0.1, 0.15) is 34.3 Å². The molecule has 0 saturated heterocycles. The number of benzene rings is 2. The van der Waals surface area contributed by atoms with E-state index in [9.17, 15) is 9.59 Å². The lowest BCUT2D eigenvalue weighted by Crippen LogP contribution is -2.05. The molecule has 25 heavy (non-hydrogen) atoms. The molecule has 0 bridgehead atoms. The van der Waals surface area contributed by atoms with E-state index >= 15 is 0 Å². The number of ketones is 1. The first kappa shape index (κ1) is 18.6. The van der Waals surface area contributed by atoms with Gasteiger partial charge in [-0.05, 0) is 42.3 Å². The fourth-order valence-corrected chi connectivity index (χ4v) is 2.33. The lowest BCUT2D eigenvalue weighted by molar-refractivity contribution is -0.137. The second-order valence-corrected chi connectivity index (χ2v) is 6.18. The van der Waals surface area contributed by atoms with Crippen molar-refractivity contribution in [1.82, 2.24) is 0 Å². The summed E-state index contributed by atoms with van der Waals surface area (Å²) < 4.78 is 6.00. The van der Waals surface area contributed by atoms with Crippen LogP contribution in [0.2, 0.25) is 0 Å². The van der Waals surface area contributed by atoms with E-state index in [1.54, 1.807) is 42.5 Å². The van der Waals surface area contributed by atoms with Gasteiger partial charge in [-0.1, -0.05) is 40.2 Å². The van der Waals surface area contributed by atoms with Crippen molar-refractivity contribution < 1.29 is 14.3 Å². The molecule has 5 heteroatoms. The first-order valence-electron chi connectivity index (χ1n) is 7.72. The number of Topliss-reactive ketones (excluding diaryl/α,β-unsaturated/α-hetero) is 1. The largest absolute Gasteiger partial charge is 0.463 e. The molecule has 0 aliphatic heterocycles. The van der Waals surface area contributed by atoms with Gasteiger partial charge in [-0.3, -0.25) is 4.79 Å². The Balaban J connectivity index is 1.71. The monoisotopic (exact) mass is 397 g/mol. The van der Waals surface area contributed by atoms with Crippen molar-refractivity contribution in [2.24, 2.45) is 0 Å². The maximum absolute atomic E-state index is 12.0. The SMILES string of the molecule is N#Cc1ccc(/C=C/C(=O)OCCCC(=O)c2ccc(Br)cc2)cc1. The van der Waals surface area contributed by atoms with Crippen LogP contribution < -0.4 is 0 Å². The Morgan fingerprint density at radius 3 is 2.40 bits per heavy atom. The number of carbonyl (C=O) groups is 2. The molecule has 0 aliphatic carbocycles. The molecule has 0 amide bonds. The predicted octanol–water partition coefficient (Wildman–Crippen LogP) is 4.54. The van der Waals surface area contributed by atoms with E-state index in [0.717, 1.165) is 10.0 Å². The lowest BCUT2D eigenvalue weighted by Gasteiger charge is -2.03. The van der Waals surface area contributed by atoms with Crippen molar-refractivity contribution in [1.29, 1.82) is 5.26 Å². The van der Waals surface area contributed by atoms with E-state index in [-0.39, 0.29) is 12.4 Å². The fraction of sp³-hybridized carbons (Fsp3) is 0.150. The molecule has 4 nitrogen and oxygen atoms in total. The summed E-state index contributed by atoms with van der Waals surface area (Å²) in [6, 6.07) is 16.1. The number of ether oxygens (including phenoxy) is 1. The first-order chi connectivity index (χ1) is 12.1. The molecule has 126 valence electrons. The summed E-state index contributed by atoms with van der Waals surface area (Å²) >= 11 is 3.32. The smallest absolute Gasteiger partial charge is 0.330 e. The normalized spacial score (nSPS) is 10.4. The third-order valence-corrected chi connectivity index (χ3v) is 3.94. The van der Waals surface area contributed by atoms with Crippen molar-refractivity contribution in [2.75, 3.05) is 6.61 Å². The number of carbonyl (C=O) groups excluding carboxylic acids is 2. The van der Waals surface area contributed by atoms with Gasteiger partial charge < -0.3 is 4.74 Å². The zero-order valence-corrected chi connectivity index (χ0v) is 15.0. The Morgan fingerprint density at radius 2 is 1.76 bits per heavy atom. The van der Waals surface area contributed by atoms with Gasteiger partial charge in [0.2, 0.25) is 0 Å². The Hall–Kier alpha value is -2.71. The highest BCUT2D eigenvalue weighted by molar-refractivity contribution is 9.10. The minimum atomic E-state index is -0.458. The number of hydrogen-bond donors (Lipinski definition) is 0. The highest BCUT2D eigenvalue weighted by Crippen LogP contribution is 2.12. The topological polar surface area (TPSA) is 67.2 Å². The maximum atomic E-state index is 12.0. The molecule has 0 radical (unpaired) electrons. The van der Waals surface area contributed by atoms with Gasteiger partial charge >= 0.3 is 5.97 Å². The van der Waals surface area contributed by atoms with Gasteiger partial charge in [0, 0.05) is 22.5 Å². The van der Waals surface area contributed by atoms with E-state index in [2.05, 4.69) is 15.9 Å². The molecule has 0 aromatic heterocycles. The maximum Gasteiger partial charge on any atom is 0.330 e. The number of esters is 1. The molecule has 0 saturated carbocycles. The van der Waals surface area contributed by atoms with Crippen LogP contribution in [0.15, 0.2) is 59.1 Å². The second-order valence-electron chi connectivity index (χ2n) is 5.27. The van der Waals surface area contributed by atoms with Crippen molar-refractivity contribution in [3.05, 3.63) is 75.8 Å². The van der Waals surface area contributed by atoms with Crippen LogP contribution in [0, 0.1) is 11.3 Å². The summed E-state index contributed by atoms with van der Waals surface area (Å²) in [7, 11) is 0. The highest BCUT2D eigenvalue weighted by Gasteiger charge is 2.06. The number of halogens is 1. The molecular weight excluding hydrogens is 382 g/mol. The quantitative estimate of drug-likeness (QED) is 0.297. The van der Waals surface area contributed by atoms with Crippen molar-refractivity contribution >= 4 is 33.8 Å². The molecule has 0 unspecified atom stereocenters. The van der Waals surface area contributed by atoms with Crippen LogP contribution in [0.5, 0.6) is 0 Å². The van der Waals surface area contributed by atoms with E-state index < -0.39 is 5.97 Å². The van der Waals surface area contributed by atoms with E-state index in [4.69, 9.17) is 10.00 Å². The molecule has 0 spiro atoms. The van der Waals surface area contributed by atoms with Gasteiger partial charge in [-0.25, -0.2) is 4.79 Å². The highest BCUT2D eigenvalue weighted by atomic mass is 79.9. The summed E-state index contributed by atoms with van der Waals surface area (Å²) in [4.78, 5) is 23.6. The third kappa shape index (κ3) is 6.36. The molecule has 2 aromatic carbocycles. The number of hydrogen-bond acceptors (Lipinski definition) is 4. The molecule has 2 rings (SSSR count). The molecular formula is C20H16BrNO3. The number of nitrogens with zero attached hydrogens (tertiary/aromatic N) is 1. The summed E-state index contributed by atoms with van der Waals surface area (Å²) in [5.74, 6) is -0.433. The molecule has 0 aliphatic rings. The van der Waals surface area contributed by atoms with Crippen LogP contribution >= 0.6 is 15.9 Å². The summed E-state index contributed by atoms with van der Waals surface area (Å²) in [6.45, 7) is 0.193. The zero-order chi connectivity index (χ0) is 18.1. The average molecular weight is 398 g/mol. The number of nitriles is 1. The van der Waals surface area contributed by atoms with Crippen molar-refractivity contribution in [3.63, 3.8) is 0 Å². The Labute approximate surface area is 154 Å². The molecule has 0 atom stereocenters. The Morgan fingerprint density at radius 1 is 1.08 bits per heavy atom. The molecule has 0 fully saturated rings. The minimum absolute atomic E-state index is 0.0247. The van der Waals surface area contributed by atoms with E-state index in [0.29, 0.717) is 24.0 Å². The standard InChI is InChI=1S/C20H16BrNO3/c21-18-10-8-17(9-11-18)19(23)2-1-13-25-20(24)12-7-15-3-5-16(14-22)6-4-15/h3-12H,1-2,13H2/b12-7+. The first-order valence-corrected chi connectivity index (χ1v) is 8.51. The Kier molecular flexibility index (Phi) is 7.12. The molecule has 2 aromatic rings. The van der Waals surface area contributed by atoms with Crippen LogP contribution in [0.4, 0.5) is 0 Å². The van der Waals surface area contributed by atoms with E-state index in [1.807, 2.05) is 18.2 Å². The average Bonchev–Trinajstić information content (AvgIpc) is 2.64. The van der Waals surface area contributed by atoms with Crippen LogP contribution in [0.25, 0.3) is 6.08 Å². The van der Waals surface area contributed by atoms with E-state index in [1.165, 1.54) is 6.08 Å². The van der Waals surface area contributed by atoms with Gasteiger partial charge in [0.25, 0.3) is 0 Å². The summed E-state index contributed by atoms with van der Waals surface area (Å²) in [5.41, 5.74) is 2.02. The van der Waals surface area contributed by atoms with Gasteiger partial charge in [0.05, 0.1) is 18.2 Å². The van der Waals surface area contributed by atoms with Crippen molar-refractivity contribution in [3.8, 4) is 6.07 Å². The van der Waals surface area contributed by atoms with Gasteiger partial charge in [0.15, 0.2) is 5.78 Å². The lowest BCUT2D eigenvalue weighted by atomic mass is 10.1. The van der Waals surface area contributed by atoms with Crippen molar-refractivity contribution in [2.45, 2.75) is 12.8 Å². The fourth-order valence-electron chi connectivity index (χ4n) is 2.07. The zero-order valence-electron chi connectivity index (χ0n) is 13.4. The minimum Gasteiger partial charge on any atom is -0.463 e. The van der Waals surface area contributed by atoms with Gasteiger partial charge in [0.1, 0.15) is 0 Å². The van der Waals surface area contributed by atoms with Crippen LogP contribution in [-0.4, -0.2) is 18.4 Å². The summed E-state index contributed by atoms with van der Waals surface area (Å²) in [5, 5.41) is 8.72. The predicted molar refractivity (Wildman–Crippen MR) is 98.9 cm³/mol. The third-order valence-electron chi connectivity index (χ3n) is 3.41. The number of rotatable bonds is 7. The van der Waals surface area contributed by atoms with Gasteiger partial charge in [-0.2, -0.15) is 5.26 Å².